The maximum atomic E-state index is 12.6. The van der Waals surface area contributed by atoms with Crippen molar-refractivity contribution >= 4 is 146 Å². The van der Waals surface area contributed by atoms with E-state index in [1.807, 2.05) is 124 Å². The van der Waals surface area contributed by atoms with Gasteiger partial charge in [-0.2, -0.15) is 15.3 Å². The second-order valence-corrected chi connectivity index (χ2v) is 32.4. The predicted molar refractivity (Wildman–Crippen MR) is 448 cm³/mol. The molecule has 0 unspecified atom stereocenters. The standard InChI is InChI=1S/C28H30ClN7O2S.C26H24ClN7OS.C24H31N7O2S.7H2/c1-17-13-24(35-34-17)31-23-14-25(36-15-19(16-36)38-28(2,3)4)33-27(32-23)39-20-11-9-18(10-12-20)30-26(37)21-7-5-6-8-22(21)29;27-20-5-2-1-4-19(20)25(35)28-17-8-10-18(11-9-17)36-26-30-22(15-24(31-26)34-12-3-13-34)29-23-14-21(32-33-23)16-6-7-16;1-6-22(32)25-16-7-9-18(10-8-16)34-23-27-19(26-20-11-15(2)29-30-20)12-21(28-23)31-13-17(14-31)33-24(3,4)5;;;;;;;/h5-14,19H,15-16H2,1-4H3,(H,30,37)(H2,31,32,33,34,35);1-2,4-5,8-11,14-16H,3,6-7,12-13H2,(H,28,35)(H2,29,30,31,32,33);7-12,17H,6,13-14H2,1-5H3,(H,25,32)(H2,26,27,28,29,30);7*1H. The van der Waals surface area contributed by atoms with Crippen molar-refractivity contribution in [2.45, 2.75) is 147 Å². The summed E-state index contributed by atoms with van der Waals surface area (Å²) in [7, 11) is 0. The Bertz CT molecular complexity index is 5020. The smallest absolute Gasteiger partial charge is 0.257 e. The summed E-state index contributed by atoms with van der Waals surface area (Å²) < 4.78 is 12.2. The van der Waals surface area contributed by atoms with Gasteiger partial charge in [-0.1, -0.05) is 54.4 Å². The molecule has 9 N–H and O–H groups in total. The number of rotatable bonds is 24. The second-order valence-electron chi connectivity index (χ2n) is 28.4. The summed E-state index contributed by atoms with van der Waals surface area (Å²) in [5.41, 5.74) is 5.72. The van der Waals surface area contributed by atoms with Crippen molar-refractivity contribution in [3.05, 3.63) is 196 Å². The molecule has 3 amide bonds. The molecule has 31 heteroatoms. The molecular weight excluding hydrogens is 1480 g/mol. The van der Waals surface area contributed by atoms with Gasteiger partial charge < -0.3 is 56.1 Å². The molecule has 9 heterocycles. The molecule has 1 saturated carbocycles. The van der Waals surface area contributed by atoms with E-state index in [1.54, 1.807) is 48.5 Å². The van der Waals surface area contributed by atoms with Gasteiger partial charge in [0.25, 0.3) is 11.8 Å². The summed E-state index contributed by atoms with van der Waals surface area (Å²) in [6.45, 7) is 23.2. The molecule has 578 valence electrons. The van der Waals surface area contributed by atoms with Crippen LogP contribution in [-0.4, -0.2) is 141 Å². The van der Waals surface area contributed by atoms with Gasteiger partial charge >= 0.3 is 0 Å². The highest BCUT2D eigenvalue weighted by Gasteiger charge is 2.35. The number of carbonyl (C=O) groups is 3. The number of halogens is 2. The van der Waals surface area contributed by atoms with E-state index >= 15 is 0 Å². The number of H-pyrrole nitrogens is 3. The minimum absolute atomic E-state index is 0. The van der Waals surface area contributed by atoms with E-state index in [0.717, 1.165) is 94.3 Å². The van der Waals surface area contributed by atoms with E-state index in [0.29, 0.717) is 89.4 Å². The van der Waals surface area contributed by atoms with Crippen LogP contribution in [0, 0.1) is 13.8 Å². The van der Waals surface area contributed by atoms with Crippen molar-refractivity contribution in [1.29, 1.82) is 0 Å². The molecular formula is C78H99Cl2N21O5S3. The average Bonchev–Trinajstić information content (AvgIpc) is 0.957. The summed E-state index contributed by atoms with van der Waals surface area (Å²) in [5, 5.41) is 43.1. The van der Waals surface area contributed by atoms with Crippen LogP contribution in [0.25, 0.3) is 0 Å². The lowest BCUT2D eigenvalue weighted by atomic mass is 10.1. The van der Waals surface area contributed by atoms with Crippen LogP contribution < -0.4 is 46.6 Å². The number of aryl methyl sites for hydroxylation is 2. The molecule has 5 aromatic carbocycles. The molecule has 1 aliphatic carbocycles. The second kappa shape index (κ2) is 34.5. The van der Waals surface area contributed by atoms with Gasteiger partial charge in [-0.25, -0.2) is 29.9 Å². The highest BCUT2D eigenvalue weighted by Crippen LogP contribution is 2.41. The van der Waals surface area contributed by atoms with Crippen LogP contribution >= 0.6 is 58.5 Å². The first-order valence-electron chi connectivity index (χ1n) is 35.8. The molecule has 0 radical (unpaired) electrons. The predicted octanol–water partition coefficient (Wildman–Crippen LogP) is 18.9. The number of ether oxygens (including phenoxy) is 2. The van der Waals surface area contributed by atoms with Gasteiger partial charge in [0.15, 0.2) is 32.9 Å². The molecule has 3 aliphatic heterocycles. The largest absolute Gasteiger partial charge is 0.369 e. The van der Waals surface area contributed by atoms with E-state index in [-0.39, 0.29) is 51.1 Å². The molecule has 6 aromatic heterocycles. The fraction of sp³-hybridized carbons (Fsp3) is 0.308. The molecule has 15 rings (SSSR count). The molecule has 3 saturated heterocycles. The highest BCUT2D eigenvalue weighted by molar-refractivity contribution is 7.99. The zero-order chi connectivity index (χ0) is 76.3. The van der Waals surface area contributed by atoms with Gasteiger partial charge in [0.05, 0.1) is 44.6 Å². The Balaban J connectivity index is 0.000000263. The molecule has 4 fully saturated rings. The van der Waals surface area contributed by atoms with Gasteiger partial charge in [0, 0.05) is 147 Å². The first-order valence-corrected chi connectivity index (χ1v) is 39.0. The maximum Gasteiger partial charge on any atom is 0.257 e. The molecule has 11 aromatic rings. The monoisotopic (exact) mass is 1580 g/mol. The van der Waals surface area contributed by atoms with E-state index in [9.17, 15) is 14.4 Å². The van der Waals surface area contributed by atoms with Crippen LogP contribution in [0.3, 0.4) is 0 Å². The average molecular weight is 1580 g/mol. The lowest BCUT2D eigenvalue weighted by molar-refractivity contribution is -0.115. The minimum Gasteiger partial charge on any atom is -0.369 e. The van der Waals surface area contributed by atoms with Crippen LogP contribution in [0.2, 0.25) is 10.0 Å². The zero-order valence-electron chi connectivity index (χ0n) is 61.7. The topological polar surface area (TPSA) is 315 Å². The van der Waals surface area contributed by atoms with Crippen molar-refractivity contribution in [3.63, 3.8) is 0 Å². The first kappa shape index (κ1) is 76.9. The summed E-state index contributed by atoms with van der Waals surface area (Å²) in [4.78, 5) is 74.8. The molecule has 0 atom stereocenters. The van der Waals surface area contributed by atoms with Gasteiger partial charge in [-0.15, -0.1) is 0 Å². The minimum atomic E-state index is -0.260. The molecule has 0 spiro atoms. The number of amides is 3. The van der Waals surface area contributed by atoms with E-state index in [2.05, 4.69) is 125 Å². The highest BCUT2D eigenvalue weighted by atomic mass is 35.5. The van der Waals surface area contributed by atoms with Crippen molar-refractivity contribution < 1.29 is 33.8 Å². The SMILES string of the molecule is CCC(=O)Nc1ccc(Sc2nc(Nc3cc(C)[nH]n3)cc(N3CC(OC(C)(C)C)C3)n2)cc1.Cc1cc(Nc2cc(N3CC(OC(C)(C)C)C3)nc(Sc3ccc(NC(=O)c4ccccc4Cl)cc3)n2)n[nH]1.O=C(Nc1ccc(Sc2nc(Nc3cc(C4CC4)[nH]n3)cc(N3CCC3)n2)cc1)c1ccccc1Cl.[HH].[HH].[HH].[HH].[HH].[HH].[HH]. The van der Waals surface area contributed by atoms with E-state index in [1.165, 1.54) is 60.2 Å². The van der Waals surface area contributed by atoms with Crippen LogP contribution in [0.1, 0.15) is 128 Å². The van der Waals surface area contributed by atoms with Gasteiger partial charge in [0.2, 0.25) is 5.91 Å². The number of hydrogen-bond acceptors (Lipinski definition) is 23. The van der Waals surface area contributed by atoms with Crippen molar-refractivity contribution in [1.82, 2.24) is 60.5 Å². The Morgan fingerprint density at radius 3 is 1.18 bits per heavy atom. The summed E-state index contributed by atoms with van der Waals surface area (Å²) in [6.07, 6.45) is 4.40. The number of nitrogens with one attached hydrogen (secondary N) is 9. The van der Waals surface area contributed by atoms with Crippen molar-refractivity contribution in [3.8, 4) is 0 Å². The molecule has 109 heavy (non-hydrogen) atoms. The van der Waals surface area contributed by atoms with Crippen LogP contribution in [0.15, 0.2) is 188 Å². The number of anilines is 12. The number of aromatic nitrogens is 12. The van der Waals surface area contributed by atoms with Crippen LogP contribution in [0.5, 0.6) is 0 Å². The third-order valence-corrected chi connectivity index (χ3v) is 20.3. The van der Waals surface area contributed by atoms with Crippen molar-refractivity contribution in [2.24, 2.45) is 0 Å². The maximum absolute atomic E-state index is 12.6. The normalized spacial score (nSPS) is 14.2. The zero-order valence-corrected chi connectivity index (χ0v) is 65.7. The Morgan fingerprint density at radius 1 is 0.477 bits per heavy atom. The van der Waals surface area contributed by atoms with Gasteiger partial charge in [0.1, 0.15) is 34.9 Å². The lowest BCUT2D eigenvalue weighted by Crippen LogP contribution is -2.54. The quantitative estimate of drug-likeness (QED) is 0.0254. The van der Waals surface area contributed by atoms with E-state index in [4.69, 9.17) is 62.6 Å². The third-order valence-electron chi connectivity index (χ3n) is 17.0. The Morgan fingerprint density at radius 2 is 0.844 bits per heavy atom. The fourth-order valence-electron chi connectivity index (χ4n) is 11.4. The lowest BCUT2D eigenvalue weighted by Gasteiger charge is -2.42. The van der Waals surface area contributed by atoms with Crippen LogP contribution in [-0.2, 0) is 14.3 Å². The third kappa shape index (κ3) is 22.0. The van der Waals surface area contributed by atoms with E-state index < -0.39 is 0 Å². The van der Waals surface area contributed by atoms with Gasteiger partial charge in [-0.3, -0.25) is 29.7 Å². The summed E-state index contributed by atoms with van der Waals surface area (Å²) >= 11 is 16.7. The Hall–Kier alpha value is -10.3. The summed E-state index contributed by atoms with van der Waals surface area (Å²) in [5.74, 6) is 6.85. The molecule has 26 nitrogen and oxygen atoms in total. The number of carbonyl (C=O) groups excluding carboxylic acids is 3. The number of hydrogen-bond donors (Lipinski definition) is 9. The van der Waals surface area contributed by atoms with Crippen molar-refractivity contribution in [2.75, 3.05) is 85.9 Å². The fourth-order valence-corrected chi connectivity index (χ4v) is 14.2. The molecule has 4 aliphatic rings. The Labute approximate surface area is 665 Å². The van der Waals surface area contributed by atoms with Gasteiger partial charge in [-0.05, 0) is 207 Å². The van der Waals surface area contributed by atoms with Crippen LogP contribution in [0.4, 0.5) is 69.4 Å². The number of aromatic amines is 3. The first-order chi connectivity index (χ1) is 52.4. The molecule has 0 bridgehead atoms. The Kier molecular flexibility index (Phi) is 24.4. The number of benzene rings is 5. The number of nitrogens with zero attached hydrogens (tertiary/aromatic N) is 12. The summed E-state index contributed by atoms with van der Waals surface area (Å²) in [6, 6.07) is 48.5.